The van der Waals surface area contributed by atoms with Crippen molar-refractivity contribution >= 4 is 29.9 Å². The molecule has 1 atom stereocenters. The molecule has 2 rings (SSSR count). The number of rotatable bonds is 11. The van der Waals surface area contributed by atoms with Crippen LogP contribution in [0.25, 0.3) is 0 Å². The largest absolute Gasteiger partial charge is 0.381 e. The van der Waals surface area contributed by atoms with Gasteiger partial charge in [0, 0.05) is 39.4 Å². The maximum Gasteiger partial charge on any atom is 0.191 e. The van der Waals surface area contributed by atoms with Gasteiger partial charge in [-0.15, -0.1) is 24.0 Å². The number of hydrogen-bond donors (Lipinski definition) is 2. The van der Waals surface area contributed by atoms with Gasteiger partial charge in [-0.25, -0.2) is 4.39 Å². The topological polar surface area (TPSA) is 58.1 Å². The van der Waals surface area contributed by atoms with Gasteiger partial charge in [0.25, 0.3) is 0 Å². The molecule has 0 spiro atoms. The first-order valence-electron chi connectivity index (χ1n) is 10.8. The summed E-state index contributed by atoms with van der Waals surface area (Å²) in [7, 11) is 0. The molecule has 1 aliphatic rings. The Bertz CT molecular complexity index is 595. The normalized spacial score (nSPS) is 16.2. The molecule has 0 amide bonds. The molecule has 8 heteroatoms. The van der Waals surface area contributed by atoms with E-state index in [0.717, 1.165) is 70.6 Å². The number of halogens is 2. The lowest BCUT2D eigenvalue weighted by atomic mass is 10.0. The Morgan fingerprint density at radius 1 is 1.20 bits per heavy atom. The molecule has 1 heterocycles. The van der Waals surface area contributed by atoms with E-state index in [-0.39, 0.29) is 35.8 Å². The number of nitrogens with one attached hydrogen (secondary N) is 2. The van der Waals surface area contributed by atoms with E-state index in [9.17, 15) is 4.39 Å². The van der Waals surface area contributed by atoms with E-state index in [1.54, 1.807) is 0 Å². The van der Waals surface area contributed by atoms with Gasteiger partial charge in [0.05, 0.1) is 25.8 Å². The molecule has 0 bridgehead atoms. The Kier molecular flexibility index (Phi) is 14.2. The number of nitrogens with zero attached hydrogens (tertiary/aromatic N) is 2. The molecule has 1 aromatic carbocycles. The zero-order chi connectivity index (χ0) is 20.9. The molecular formula is C22H38FIN4O2. The zero-order valence-electron chi connectivity index (χ0n) is 18.5. The van der Waals surface area contributed by atoms with Crippen LogP contribution in [0, 0.1) is 11.7 Å². The van der Waals surface area contributed by atoms with Crippen LogP contribution in [-0.4, -0.2) is 70.0 Å². The second kappa shape index (κ2) is 15.8. The summed E-state index contributed by atoms with van der Waals surface area (Å²) in [6, 6.07) is 6.86. The summed E-state index contributed by atoms with van der Waals surface area (Å²) in [4.78, 5) is 7.18. The smallest absolute Gasteiger partial charge is 0.191 e. The van der Waals surface area contributed by atoms with Crippen molar-refractivity contribution in [1.29, 1.82) is 0 Å². The lowest BCUT2D eigenvalue weighted by Crippen LogP contribution is -2.42. The Morgan fingerprint density at radius 2 is 1.90 bits per heavy atom. The first-order chi connectivity index (χ1) is 14.1. The third kappa shape index (κ3) is 10.4. The highest BCUT2D eigenvalue weighted by molar-refractivity contribution is 14.0. The lowest BCUT2D eigenvalue weighted by Gasteiger charge is -2.34. The first kappa shape index (κ1) is 27.1. The van der Waals surface area contributed by atoms with Crippen molar-refractivity contribution in [3.8, 4) is 0 Å². The van der Waals surface area contributed by atoms with E-state index in [0.29, 0.717) is 12.5 Å². The average Bonchev–Trinajstić information content (AvgIpc) is 2.72. The molecule has 1 aromatic rings. The summed E-state index contributed by atoms with van der Waals surface area (Å²) >= 11 is 0. The predicted octanol–water partition coefficient (Wildman–Crippen LogP) is 3.43. The van der Waals surface area contributed by atoms with Crippen LogP contribution >= 0.6 is 24.0 Å². The molecular weight excluding hydrogens is 498 g/mol. The summed E-state index contributed by atoms with van der Waals surface area (Å²) < 4.78 is 24.5. The van der Waals surface area contributed by atoms with Gasteiger partial charge in [0.2, 0.25) is 0 Å². The second-order valence-corrected chi connectivity index (χ2v) is 7.68. The van der Waals surface area contributed by atoms with Gasteiger partial charge in [-0.1, -0.05) is 26.0 Å². The number of morpholine rings is 1. The number of benzene rings is 1. The number of aliphatic imine (C=N–C) groups is 1. The zero-order valence-corrected chi connectivity index (χ0v) is 20.9. The van der Waals surface area contributed by atoms with Crippen molar-refractivity contribution in [2.75, 3.05) is 59.2 Å². The minimum atomic E-state index is -0.215. The number of ether oxygens (including phenoxy) is 2. The minimum Gasteiger partial charge on any atom is -0.381 e. The van der Waals surface area contributed by atoms with Crippen LogP contribution in [0.2, 0.25) is 0 Å². The number of guanidine groups is 1. The van der Waals surface area contributed by atoms with E-state index in [4.69, 9.17) is 14.5 Å². The fraction of sp³-hybridized carbons (Fsp3) is 0.682. The molecule has 0 radical (unpaired) electrons. The van der Waals surface area contributed by atoms with Crippen LogP contribution in [0.3, 0.4) is 0 Å². The van der Waals surface area contributed by atoms with Crippen LogP contribution in [0.15, 0.2) is 29.3 Å². The van der Waals surface area contributed by atoms with Crippen molar-refractivity contribution in [2.45, 2.75) is 33.2 Å². The van der Waals surface area contributed by atoms with Crippen LogP contribution in [0.1, 0.15) is 38.8 Å². The molecule has 2 N–H and O–H groups in total. The van der Waals surface area contributed by atoms with E-state index in [1.807, 2.05) is 12.1 Å². The summed E-state index contributed by atoms with van der Waals surface area (Å²) in [5.41, 5.74) is 1.08. The molecule has 1 aliphatic heterocycles. The Hall–Kier alpha value is -0.970. The van der Waals surface area contributed by atoms with Crippen LogP contribution in [0.4, 0.5) is 4.39 Å². The average molecular weight is 536 g/mol. The van der Waals surface area contributed by atoms with Crippen LogP contribution in [0.5, 0.6) is 0 Å². The third-order valence-electron chi connectivity index (χ3n) is 4.72. The molecule has 6 nitrogen and oxygen atoms in total. The number of hydrogen-bond acceptors (Lipinski definition) is 4. The van der Waals surface area contributed by atoms with Crippen molar-refractivity contribution in [2.24, 2.45) is 10.9 Å². The van der Waals surface area contributed by atoms with E-state index < -0.39 is 0 Å². The fourth-order valence-corrected chi connectivity index (χ4v) is 3.23. The lowest BCUT2D eigenvalue weighted by molar-refractivity contribution is 0.0179. The van der Waals surface area contributed by atoms with Gasteiger partial charge < -0.3 is 20.1 Å². The van der Waals surface area contributed by atoms with Crippen molar-refractivity contribution in [3.63, 3.8) is 0 Å². The molecule has 1 unspecified atom stereocenters. The van der Waals surface area contributed by atoms with E-state index in [2.05, 4.69) is 36.3 Å². The maximum atomic E-state index is 13.4. The van der Waals surface area contributed by atoms with Crippen LogP contribution in [-0.2, 0) is 9.47 Å². The molecule has 0 aliphatic carbocycles. The summed E-state index contributed by atoms with van der Waals surface area (Å²) in [6.45, 7) is 13.3. The predicted molar refractivity (Wildman–Crippen MR) is 131 cm³/mol. The van der Waals surface area contributed by atoms with E-state index >= 15 is 0 Å². The van der Waals surface area contributed by atoms with Gasteiger partial charge in [-0.2, -0.15) is 0 Å². The molecule has 0 saturated carbocycles. The van der Waals surface area contributed by atoms with Crippen molar-refractivity contribution in [1.82, 2.24) is 15.5 Å². The second-order valence-electron chi connectivity index (χ2n) is 7.68. The minimum absolute atomic E-state index is 0. The third-order valence-corrected chi connectivity index (χ3v) is 4.72. The molecule has 0 aromatic heterocycles. The Morgan fingerprint density at radius 3 is 2.53 bits per heavy atom. The summed E-state index contributed by atoms with van der Waals surface area (Å²) in [5, 5.41) is 6.69. The molecule has 30 heavy (non-hydrogen) atoms. The SMILES string of the molecule is CCNC(=NCC(c1ccc(F)cc1)N1CCOCC1)NCCCOCC(C)C.I. The quantitative estimate of drug-likeness (QED) is 0.197. The standard InChI is InChI=1S/C22H37FN4O2.HI/c1-4-24-22(25-10-5-13-29-17-18(2)3)26-16-21(27-11-14-28-15-12-27)19-6-8-20(23)9-7-19;/h6-9,18,21H,4-5,10-17H2,1-3H3,(H2,24,25,26);1H. The Labute approximate surface area is 198 Å². The van der Waals surface area contributed by atoms with Gasteiger partial charge in [-0.05, 0) is 37.0 Å². The van der Waals surface area contributed by atoms with Crippen molar-refractivity contribution < 1.29 is 13.9 Å². The maximum absolute atomic E-state index is 13.4. The highest BCUT2D eigenvalue weighted by atomic mass is 127. The van der Waals surface area contributed by atoms with E-state index in [1.165, 1.54) is 12.1 Å². The van der Waals surface area contributed by atoms with Crippen molar-refractivity contribution in [3.05, 3.63) is 35.6 Å². The molecule has 1 saturated heterocycles. The molecule has 172 valence electrons. The monoisotopic (exact) mass is 536 g/mol. The Balaban J connectivity index is 0.00000450. The first-order valence-corrected chi connectivity index (χ1v) is 10.8. The highest BCUT2D eigenvalue weighted by Crippen LogP contribution is 2.22. The van der Waals surface area contributed by atoms with Gasteiger partial charge in [0.1, 0.15) is 5.82 Å². The summed E-state index contributed by atoms with van der Waals surface area (Å²) in [5.74, 6) is 1.15. The fourth-order valence-electron chi connectivity index (χ4n) is 3.23. The summed E-state index contributed by atoms with van der Waals surface area (Å²) in [6.07, 6.45) is 0.933. The van der Waals surface area contributed by atoms with Gasteiger partial charge in [-0.3, -0.25) is 9.89 Å². The highest BCUT2D eigenvalue weighted by Gasteiger charge is 2.22. The van der Waals surface area contributed by atoms with Gasteiger partial charge >= 0.3 is 0 Å². The van der Waals surface area contributed by atoms with Gasteiger partial charge in [0.15, 0.2) is 5.96 Å². The van der Waals surface area contributed by atoms with Crippen LogP contribution < -0.4 is 10.6 Å². The molecule has 1 fully saturated rings.